The van der Waals surface area contributed by atoms with Gasteiger partial charge in [-0.1, -0.05) is 12.1 Å². The van der Waals surface area contributed by atoms with Crippen LogP contribution in [0.1, 0.15) is 24.0 Å². The van der Waals surface area contributed by atoms with Gasteiger partial charge in [0.2, 0.25) is 0 Å². The topological polar surface area (TPSA) is 32.3 Å². The molecule has 76 valence electrons. The van der Waals surface area contributed by atoms with Gasteiger partial charge >= 0.3 is 0 Å². The number of anilines is 1. The third-order valence-corrected chi connectivity index (χ3v) is 2.76. The Morgan fingerprint density at radius 2 is 2.21 bits per heavy atom. The largest absolute Gasteiger partial charge is 0.392 e. The van der Waals surface area contributed by atoms with Crippen LogP contribution >= 0.6 is 0 Å². The van der Waals surface area contributed by atoms with Crippen molar-refractivity contribution < 1.29 is 5.11 Å². The molecule has 1 aromatic carbocycles. The molecule has 0 saturated heterocycles. The molecule has 1 aliphatic rings. The fourth-order valence-electron chi connectivity index (χ4n) is 1.53. The number of aliphatic hydroxyl groups excluding tert-OH is 1. The van der Waals surface area contributed by atoms with Crippen LogP contribution in [-0.4, -0.2) is 11.7 Å². The van der Waals surface area contributed by atoms with Crippen LogP contribution < -0.4 is 5.32 Å². The van der Waals surface area contributed by atoms with E-state index in [0.29, 0.717) is 0 Å². The van der Waals surface area contributed by atoms with E-state index in [1.165, 1.54) is 24.1 Å². The molecule has 0 unspecified atom stereocenters. The molecule has 0 aliphatic heterocycles. The SMILES string of the molecule is Cc1ccc(CO)cc1NCC1CC1. The fourth-order valence-corrected chi connectivity index (χ4v) is 1.53. The Kier molecular flexibility index (Phi) is 2.73. The summed E-state index contributed by atoms with van der Waals surface area (Å²) in [4.78, 5) is 0. The molecule has 0 heterocycles. The molecule has 0 spiro atoms. The molecule has 1 saturated carbocycles. The molecule has 2 N–H and O–H groups in total. The van der Waals surface area contributed by atoms with Crippen molar-refractivity contribution in [2.45, 2.75) is 26.4 Å². The van der Waals surface area contributed by atoms with Crippen LogP contribution in [0.3, 0.4) is 0 Å². The monoisotopic (exact) mass is 191 g/mol. The molecule has 14 heavy (non-hydrogen) atoms. The van der Waals surface area contributed by atoms with Crippen LogP contribution in [0, 0.1) is 12.8 Å². The Morgan fingerprint density at radius 1 is 1.43 bits per heavy atom. The van der Waals surface area contributed by atoms with Gasteiger partial charge in [0.1, 0.15) is 0 Å². The number of aliphatic hydroxyl groups is 1. The molecule has 0 aromatic heterocycles. The fraction of sp³-hybridized carbons (Fsp3) is 0.500. The van der Waals surface area contributed by atoms with Crippen molar-refractivity contribution in [3.8, 4) is 0 Å². The van der Waals surface area contributed by atoms with E-state index in [-0.39, 0.29) is 6.61 Å². The van der Waals surface area contributed by atoms with Crippen LogP contribution in [0.25, 0.3) is 0 Å². The standard InChI is InChI=1S/C12H17NO/c1-9-2-3-11(8-14)6-12(9)13-7-10-4-5-10/h2-3,6,10,13-14H,4-5,7-8H2,1H3. The molecule has 2 heteroatoms. The van der Waals surface area contributed by atoms with Crippen molar-refractivity contribution in [2.24, 2.45) is 5.92 Å². The van der Waals surface area contributed by atoms with E-state index in [4.69, 9.17) is 5.11 Å². The molecule has 0 bridgehead atoms. The van der Waals surface area contributed by atoms with Crippen molar-refractivity contribution in [3.05, 3.63) is 29.3 Å². The molecule has 1 aromatic rings. The van der Waals surface area contributed by atoms with E-state index in [2.05, 4.69) is 18.3 Å². The summed E-state index contributed by atoms with van der Waals surface area (Å²) in [5.74, 6) is 0.882. The van der Waals surface area contributed by atoms with E-state index in [1.54, 1.807) is 0 Å². The molecule has 2 rings (SSSR count). The molecular weight excluding hydrogens is 174 g/mol. The average molecular weight is 191 g/mol. The zero-order valence-electron chi connectivity index (χ0n) is 8.59. The summed E-state index contributed by atoms with van der Waals surface area (Å²) in [6.45, 7) is 3.30. The highest BCUT2D eigenvalue weighted by atomic mass is 16.3. The van der Waals surface area contributed by atoms with E-state index in [9.17, 15) is 0 Å². The highest BCUT2D eigenvalue weighted by Gasteiger charge is 2.20. The van der Waals surface area contributed by atoms with Crippen LogP contribution in [0.4, 0.5) is 5.69 Å². The molecule has 1 fully saturated rings. The van der Waals surface area contributed by atoms with Crippen molar-refractivity contribution in [2.75, 3.05) is 11.9 Å². The normalized spacial score (nSPS) is 15.6. The van der Waals surface area contributed by atoms with Crippen LogP contribution in [0.15, 0.2) is 18.2 Å². The van der Waals surface area contributed by atoms with Crippen molar-refractivity contribution in [3.63, 3.8) is 0 Å². The van der Waals surface area contributed by atoms with Gasteiger partial charge in [0.05, 0.1) is 6.61 Å². The zero-order chi connectivity index (χ0) is 9.97. The van der Waals surface area contributed by atoms with Crippen LogP contribution in [-0.2, 0) is 6.61 Å². The predicted molar refractivity (Wildman–Crippen MR) is 58.3 cm³/mol. The lowest BCUT2D eigenvalue weighted by Gasteiger charge is -2.10. The highest BCUT2D eigenvalue weighted by Crippen LogP contribution is 2.29. The maximum atomic E-state index is 9.01. The maximum Gasteiger partial charge on any atom is 0.0682 e. The first-order valence-corrected chi connectivity index (χ1v) is 5.24. The molecule has 0 atom stereocenters. The molecule has 0 radical (unpaired) electrons. The van der Waals surface area contributed by atoms with E-state index in [1.807, 2.05) is 12.1 Å². The lowest BCUT2D eigenvalue weighted by Crippen LogP contribution is -2.05. The van der Waals surface area contributed by atoms with Gasteiger partial charge in [-0.15, -0.1) is 0 Å². The zero-order valence-corrected chi connectivity index (χ0v) is 8.59. The number of hydrogen-bond donors (Lipinski definition) is 2. The number of aryl methyl sites for hydroxylation is 1. The van der Waals surface area contributed by atoms with Crippen molar-refractivity contribution in [1.82, 2.24) is 0 Å². The second-order valence-electron chi connectivity index (χ2n) is 4.13. The Morgan fingerprint density at radius 3 is 2.86 bits per heavy atom. The molecule has 2 nitrogen and oxygen atoms in total. The number of hydrogen-bond acceptors (Lipinski definition) is 2. The smallest absolute Gasteiger partial charge is 0.0682 e. The Hall–Kier alpha value is -1.02. The summed E-state index contributed by atoms with van der Waals surface area (Å²) in [6.07, 6.45) is 2.73. The van der Waals surface area contributed by atoms with Gasteiger partial charge < -0.3 is 10.4 Å². The van der Waals surface area contributed by atoms with Crippen molar-refractivity contribution in [1.29, 1.82) is 0 Å². The molecular formula is C12H17NO. The third kappa shape index (κ3) is 2.26. The minimum absolute atomic E-state index is 0.123. The lowest BCUT2D eigenvalue weighted by atomic mass is 10.1. The van der Waals surface area contributed by atoms with E-state index >= 15 is 0 Å². The summed E-state index contributed by atoms with van der Waals surface area (Å²) >= 11 is 0. The predicted octanol–water partition coefficient (Wildman–Crippen LogP) is 2.31. The summed E-state index contributed by atoms with van der Waals surface area (Å²) in [7, 11) is 0. The van der Waals surface area contributed by atoms with E-state index < -0.39 is 0 Å². The maximum absolute atomic E-state index is 9.01. The summed E-state index contributed by atoms with van der Waals surface area (Å²) in [5.41, 5.74) is 3.40. The summed E-state index contributed by atoms with van der Waals surface area (Å²) in [6, 6.07) is 6.07. The van der Waals surface area contributed by atoms with Gasteiger partial charge in [0, 0.05) is 12.2 Å². The van der Waals surface area contributed by atoms with Crippen LogP contribution in [0.5, 0.6) is 0 Å². The molecule has 1 aliphatic carbocycles. The first-order valence-electron chi connectivity index (χ1n) is 5.24. The Bertz CT molecular complexity index is 318. The van der Waals surface area contributed by atoms with Gasteiger partial charge in [-0.05, 0) is 42.9 Å². The Balaban J connectivity index is 2.04. The quantitative estimate of drug-likeness (QED) is 0.765. The van der Waals surface area contributed by atoms with Crippen LogP contribution in [0.2, 0.25) is 0 Å². The minimum Gasteiger partial charge on any atom is -0.392 e. The van der Waals surface area contributed by atoms with E-state index in [0.717, 1.165) is 18.0 Å². The first-order chi connectivity index (χ1) is 6.79. The second kappa shape index (κ2) is 4.01. The lowest BCUT2D eigenvalue weighted by molar-refractivity contribution is 0.282. The number of rotatable bonds is 4. The molecule has 0 amide bonds. The number of nitrogens with one attached hydrogen (secondary N) is 1. The van der Waals surface area contributed by atoms with Gasteiger partial charge in [-0.25, -0.2) is 0 Å². The first kappa shape index (κ1) is 9.53. The van der Waals surface area contributed by atoms with Gasteiger partial charge in [-0.2, -0.15) is 0 Å². The minimum atomic E-state index is 0.123. The van der Waals surface area contributed by atoms with Gasteiger partial charge in [0.15, 0.2) is 0 Å². The Labute approximate surface area is 85.0 Å². The van der Waals surface area contributed by atoms with Gasteiger partial charge in [-0.3, -0.25) is 0 Å². The summed E-state index contributed by atoms with van der Waals surface area (Å²) in [5, 5.41) is 12.5. The van der Waals surface area contributed by atoms with Gasteiger partial charge in [0.25, 0.3) is 0 Å². The summed E-state index contributed by atoms with van der Waals surface area (Å²) < 4.78 is 0. The van der Waals surface area contributed by atoms with Crippen molar-refractivity contribution >= 4 is 5.69 Å². The third-order valence-electron chi connectivity index (χ3n) is 2.76. The highest BCUT2D eigenvalue weighted by molar-refractivity contribution is 5.52. The second-order valence-corrected chi connectivity index (χ2v) is 4.13. The number of benzene rings is 1. The average Bonchev–Trinajstić information content (AvgIpc) is 3.00.